The van der Waals surface area contributed by atoms with Crippen LogP contribution in [0.5, 0.6) is 0 Å². The number of halogens is 1. The highest BCUT2D eigenvalue weighted by atomic mass is 79.9. The van der Waals surface area contributed by atoms with Gasteiger partial charge in [0.05, 0.1) is 23.7 Å². The fourth-order valence-corrected chi connectivity index (χ4v) is 2.40. The molecule has 1 aromatic heterocycles. The first kappa shape index (κ1) is 14.7. The minimum absolute atomic E-state index is 0.132. The number of aliphatic hydroxyl groups is 1. The first-order chi connectivity index (χ1) is 9.45. The molecular formula is C14H15BrN2O3. The summed E-state index contributed by atoms with van der Waals surface area (Å²) in [4.78, 5) is 28.3. The molecule has 2 rings (SSSR count). The molecule has 1 aromatic carbocycles. The predicted octanol–water partition coefficient (Wildman–Crippen LogP) is 1.74. The van der Waals surface area contributed by atoms with Crippen molar-refractivity contribution in [2.75, 3.05) is 13.7 Å². The van der Waals surface area contributed by atoms with Gasteiger partial charge in [0.15, 0.2) is 0 Å². The first-order valence-electron chi connectivity index (χ1n) is 6.15. The maximum Gasteiger partial charge on any atom is 0.254 e. The summed E-state index contributed by atoms with van der Waals surface area (Å²) in [5.41, 5.74) is 0.582. The third kappa shape index (κ3) is 2.62. The van der Waals surface area contributed by atoms with Crippen LogP contribution in [0.2, 0.25) is 0 Å². The van der Waals surface area contributed by atoms with E-state index in [-0.39, 0.29) is 24.1 Å². The maximum absolute atomic E-state index is 12.5. The highest BCUT2D eigenvalue weighted by Crippen LogP contribution is 2.24. The molecule has 2 aromatic rings. The third-order valence-electron chi connectivity index (χ3n) is 3.30. The molecule has 20 heavy (non-hydrogen) atoms. The predicted molar refractivity (Wildman–Crippen MR) is 80.9 cm³/mol. The van der Waals surface area contributed by atoms with Crippen molar-refractivity contribution in [3.63, 3.8) is 0 Å². The zero-order valence-electron chi connectivity index (χ0n) is 11.2. The summed E-state index contributed by atoms with van der Waals surface area (Å²) in [5.74, 6) is -0.291. The number of fused-ring (bicyclic) bond motifs is 1. The van der Waals surface area contributed by atoms with E-state index in [2.05, 4.69) is 20.9 Å². The van der Waals surface area contributed by atoms with E-state index in [1.807, 2.05) is 0 Å². The lowest BCUT2D eigenvalue weighted by Crippen LogP contribution is -2.37. The van der Waals surface area contributed by atoms with Crippen LogP contribution in [0.3, 0.4) is 0 Å². The Labute approximate surface area is 124 Å². The Hall–Kier alpha value is -1.66. The minimum Gasteiger partial charge on any atom is -0.394 e. The number of likely N-dealkylation sites (N-methyl/N-ethyl adjacent to an activating group) is 1. The minimum atomic E-state index is -0.335. The summed E-state index contributed by atoms with van der Waals surface area (Å²) in [7, 11) is 1.61. The number of nitrogens with one attached hydrogen (secondary N) is 1. The molecule has 1 heterocycles. The van der Waals surface area contributed by atoms with E-state index < -0.39 is 0 Å². The van der Waals surface area contributed by atoms with Gasteiger partial charge < -0.3 is 15.0 Å². The molecule has 0 saturated carbocycles. The molecule has 6 heteroatoms. The summed E-state index contributed by atoms with van der Waals surface area (Å²) in [6, 6.07) is 6.35. The molecule has 1 atom stereocenters. The van der Waals surface area contributed by atoms with Crippen LogP contribution in [0.4, 0.5) is 0 Å². The van der Waals surface area contributed by atoms with Gasteiger partial charge in [-0.3, -0.25) is 9.59 Å². The lowest BCUT2D eigenvalue weighted by molar-refractivity contribution is 0.0684. The molecule has 0 aliphatic rings. The number of rotatable bonds is 3. The number of carbonyl (C=O) groups excluding carboxylic acids is 1. The number of benzene rings is 1. The second-order valence-corrected chi connectivity index (χ2v) is 5.51. The number of hydrogen-bond acceptors (Lipinski definition) is 3. The smallest absolute Gasteiger partial charge is 0.254 e. The zero-order valence-corrected chi connectivity index (χ0v) is 12.8. The molecule has 1 unspecified atom stereocenters. The quantitative estimate of drug-likeness (QED) is 0.895. The SMILES string of the molecule is CC(CO)N(C)C(=O)c1cc(=O)[nH]c2c(Br)cccc12. The summed E-state index contributed by atoms with van der Waals surface area (Å²) in [6.45, 7) is 1.61. The van der Waals surface area contributed by atoms with Crippen LogP contribution >= 0.6 is 15.9 Å². The molecule has 0 fully saturated rings. The molecule has 0 saturated heterocycles. The van der Waals surface area contributed by atoms with Crippen LogP contribution in [0, 0.1) is 0 Å². The van der Waals surface area contributed by atoms with Crippen molar-refractivity contribution >= 4 is 32.7 Å². The van der Waals surface area contributed by atoms with E-state index in [9.17, 15) is 9.59 Å². The second kappa shape index (κ2) is 5.76. The highest BCUT2D eigenvalue weighted by Gasteiger charge is 2.20. The average Bonchev–Trinajstić information content (AvgIpc) is 2.45. The number of amides is 1. The Morgan fingerprint density at radius 2 is 2.20 bits per heavy atom. The lowest BCUT2D eigenvalue weighted by Gasteiger charge is -2.23. The number of aromatic amines is 1. The van der Waals surface area contributed by atoms with Crippen LogP contribution in [0.25, 0.3) is 10.9 Å². The summed E-state index contributed by atoms with van der Waals surface area (Å²) in [6.07, 6.45) is 0. The Balaban J connectivity index is 2.63. The Morgan fingerprint density at radius 1 is 1.50 bits per heavy atom. The molecule has 2 N–H and O–H groups in total. The topological polar surface area (TPSA) is 73.4 Å². The van der Waals surface area contributed by atoms with Gasteiger partial charge in [-0.1, -0.05) is 12.1 Å². The largest absolute Gasteiger partial charge is 0.394 e. The van der Waals surface area contributed by atoms with E-state index in [1.54, 1.807) is 32.2 Å². The van der Waals surface area contributed by atoms with Crippen LogP contribution in [-0.2, 0) is 0 Å². The van der Waals surface area contributed by atoms with Gasteiger partial charge in [0.1, 0.15) is 0 Å². The molecule has 0 aliphatic carbocycles. The summed E-state index contributed by atoms with van der Waals surface area (Å²) in [5, 5.41) is 9.81. The van der Waals surface area contributed by atoms with E-state index in [1.165, 1.54) is 11.0 Å². The van der Waals surface area contributed by atoms with Gasteiger partial charge in [-0.25, -0.2) is 0 Å². The number of H-pyrrole nitrogens is 1. The Bertz CT molecular complexity index is 711. The van der Waals surface area contributed by atoms with Crippen molar-refractivity contribution in [2.24, 2.45) is 0 Å². The summed E-state index contributed by atoms with van der Waals surface area (Å²) >= 11 is 3.36. The van der Waals surface area contributed by atoms with E-state index >= 15 is 0 Å². The van der Waals surface area contributed by atoms with Crippen LogP contribution in [0.1, 0.15) is 17.3 Å². The molecule has 0 bridgehead atoms. The van der Waals surface area contributed by atoms with Crippen LogP contribution in [-0.4, -0.2) is 40.6 Å². The van der Waals surface area contributed by atoms with E-state index in [4.69, 9.17) is 5.11 Å². The van der Waals surface area contributed by atoms with Gasteiger partial charge >= 0.3 is 0 Å². The van der Waals surface area contributed by atoms with Crippen LogP contribution in [0.15, 0.2) is 33.5 Å². The van der Waals surface area contributed by atoms with Crippen LogP contribution < -0.4 is 5.56 Å². The van der Waals surface area contributed by atoms with Gasteiger partial charge in [0.2, 0.25) is 5.56 Å². The number of aromatic nitrogens is 1. The number of nitrogens with zero attached hydrogens (tertiary/aromatic N) is 1. The van der Waals surface area contributed by atoms with Gasteiger partial charge in [-0.05, 0) is 28.9 Å². The number of aliphatic hydroxyl groups excluding tert-OH is 1. The number of pyridine rings is 1. The molecule has 0 spiro atoms. The molecule has 106 valence electrons. The number of carbonyl (C=O) groups is 1. The molecular weight excluding hydrogens is 324 g/mol. The summed E-state index contributed by atoms with van der Waals surface area (Å²) < 4.78 is 0.722. The molecule has 0 aliphatic heterocycles. The van der Waals surface area contributed by atoms with Crippen molar-refractivity contribution < 1.29 is 9.90 Å². The standard InChI is InChI=1S/C14H15BrN2O3/c1-8(7-18)17(2)14(20)10-6-12(19)16-13-9(10)4-3-5-11(13)15/h3-6,8,18H,7H2,1-2H3,(H,16,19). The van der Waals surface area contributed by atoms with Gasteiger partial charge in [-0.2, -0.15) is 0 Å². The monoisotopic (exact) mass is 338 g/mol. The second-order valence-electron chi connectivity index (χ2n) is 4.66. The van der Waals surface area contributed by atoms with Gasteiger partial charge in [0, 0.05) is 23.0 Å². The molecule has 5 nitrogen and oxygen atoms in total. The van der Waals surface area contributed by atoms with Gasteiger partial charge in [-0.15, -0.1) is 0 Å². The van der Waals surface area contributed by atoms with Crippen molar-refractivity contribution in [1.82, 2.24) is 9.88 Å². The number of hydrogen-bond donors (Lipinski definition) is 2. The fraction of sp³-hybridized carbons (Fsp3) is 0.286. The van der Waals surface area contributed by atoms with Gasteiger partial charge in [0.25, 0.3) is 5.91 Å². The normalized spacial score (nSPS) is 12.4. The first-order valence-corrected chi connectivity index (χ1v) is 6.94. The average molecular weight is 339 g/mol. The van der Waals surface area contributed by atoms with E-state index in [0.29, 0.717) is 16.5 Å². The molecule has 1 amide bonds. The maximum atomic E-state index is 12.5. The Morgan fingerprint density at radius 3 is 2.85 bits per heavy atom. The van der Waals surface area contributed by atoms with Crippen molar-refractivity contribution in [2.45, 2.75) is 13.0 Å². The zero-order chi connectivity index (χ0) is 14.9. The lowest BCUT2D eigenvalue weighted by atomic mass is 10.1. The third-order valence-corrected chi connectivity index (χ3v) is 3.96. The van der Waals surface area contributed by atoms with Crippen molar-refractivity contribution in [3.05, 3.63) is 44.7 Å². The van der Waals surface area contributed by atoms with E-state index in [0.717, 1.165) is 4.47 Å². The fourth-order valence-electron chi connectivity index (χ4n) is 1.93. The molecule has 0 radical (unpaired) electrons. The van der Waals surface area contributed by atoms with Crippen molar-refractivity contribution in [1.29, 1.82) is 0 Å². The Kier molecular flexibility index (Phi) is 4.25. The van der Waals surface area contributed by atoms with Crippen molar-refractivity contribution in [3.8, 4) is 0 Å². The highest BCUT2D eigenvalue weighted by molar-refractivity contribution is 9.10. The number of para-hydroxylation sites is 1.